The predicted molar refractivity (Wildman–Crippen MR) is 83.7 cm³/mol. The molecule has 0 spiro atoms. The number of H-pyrrole nitrogens is 1. The Balaban J connectivity index is 1.72. The van der Waals surface area contributed by atoms with Gasteiger partial charge in [-0.2, -0.15) is 0 Å². The van der Waals surface area contributed by atoms with Crippen molar-refractivity contribution in [2.24, 2.45) is 0 Å². The Hall–Kier alpha value is -2.40. The van der Waals surface area contributed by atoms with E-state index in [9.17, 15) is 0 Å². The Kier molecular flexibility index (Phi) is 2.47. The fourth-order valence-electron chi connectivity index (χ4n) is 2.21. The number of aromatic amines is 1. The van der Waals surface area contributed by atoms with Crippen LogP contribution in [0.3, 0.4) is 0 Å². The van der Waals surface area contributed by atoms with Crippen molar-refractivity contribution in [3.8, 4) is 0 Å². The van der Waals surface area contributed by atoms with Crippen LogP contribution in [0.25, 0.3) is 21.3 Å². The Morgan fingerprint density at radius 3 is 2.85 bits per heavy atom. The maximum Gasteiger partial charge on any atom is 0.207 e. The summed E-state index contributed by atoms with van der Waals surface area (Å²) >= 11 is 1.62. The highest BCUT2D eigenvalue weighted by Gasteiger charge is 2.06. The number of imidazole rings is 1. The molecule has 2 heterocycles. The second-order valence-electron chi connectivity index (χ2n) is 4.72. The first kappa shape index (κ1) is 11.4. The molecule has 0 amide bonds. The van der Waals surface area contributed by atoms with Crippen molar-refractivity contribution in [2.75, 3.05) is 5.32 Å². The summed E-state index contributed by atoms with van der Waals surface area (Å²) in [5, 5.41) is 4.09. The summed E-state index contributed by atoms with van der Waals surface area (Å²) < 4.78 is 1.17. The third-order valence-electron chi connectivity index (χ3n) is 3.16. The topological polar surface area (TPSA) is 53.6 Å². The summed E-state index contributed by atoms with van der Waals surface area (Å²) in [7, 11) is 0. The van der Waals surface area contributed by atoms with Crippen molar-refractivity contribution in [3.05, 3.63) is 48.0 Å². The van der Waals surface area contributed by atoms with E-state index in [1.54, 1.807) is 11.3 Å². The number of hydrogen-bond donors (Lipinski definition) is 2. The Labute approximate surface area is 119 Å². The smallest absolute Gasteiger partial charge is 0.207 e. The molecule has 0 aliphatic heterocycles. The minimum absolute atomic E-state index is 0.727. The van der Waals surface area contributed by atoms with Gasteiger partial charge < -0.3 is 10.3 Å². The molecule has 4 rings (SSSR count). The van der Waals surface area contributed by atoms with Gasteiger partial charge in [-0.1, -0.05) is 29.5 Å². The van der Waals surface area contributed by atoms with Crippen LogP contribution in [0.2, 0.25) is 0 Å². The van der Waals surface area contributed by atoms with E-state index in [-0.39, 0.29) is 0 Å². The fourth-order valence-corrected chi connectivity index (χ4v) is 3.07. The normalized spacial score (nSPS) is 11.2. The first-order valence-corrected chi connectivity index (χ1v) is 7.18. The first-order valence-electron chi connectivity index (χ1n) is 6.37. The van der Waals surface area contributed by atoms with E-state index in [0.29, 0.717) is 0 Å². The molecule has 98 valence electrons. The highest BCUT2D eigenvalue weighted by atomic mass is 32.1. The number of aromatic nitrogens is 3. The summed E-state index contributed by atoms with van der Waals surface area (Å²) in [4.78, 5) is 12.3. The summed E-state index contributed by atoms with van der Waals surface area (Å²) in [6, 6.07) is 14.3. The number of nitrogens with one attached hydrogen (secondary N) is 2. The van der Waals surface area contributed by atoms with Gasteiger partial charge in [0, 0.05) is 0 Å². The summed E-state index contributed by atoms with van der Waals surface area (Å²) in [5.74, 6) is 0.727. The molecule has 20 heavy (non-hydrogen) atoms. The Morgan fingerprint density at radius 2 is 1.95 bits per heavy atom. The van der Waals surface area contributed by atoms with Gasteiger partial charge in [0.05, 0.1) is 21.3 Å². The summed E-state index contributed by atoms with van der Waals surface area (Å²) in [6.07, 6.45) is 0. The van der Waals surface area contributed by atoms with E-state index < -0.39 is 0 Å². The molecule has 0 aliphatic rings. The lowest BCUT2D eigenvalue weighted by atomic mass is 10.2. The van der Waals surface area contributed by atoms with Crippen LogP contribution in [0.4, 0.5) is 11.1 Å². The average Bonchev–Trinajstić information content (AvgIpc) is 3.00. The SMILES string of the molecule is Cc1ccc2nc(Nc3nc4ccccc4s3)[nH]c2c1. The van der Waals surface area contributed by atoms with Crippen molar-refractivity contribution < 1.29 is 0 Å². The minimum Gasteiger partial charge on any atom is -0.324 e. The van der Waals surface area contributed by atoms with Crippen molar-refractivity contribution in [1.29, 1.82) is 0 Å². The Bertz CT molecular complexity index is 873. The van der Waals surface area contributed by atoms with E-state index in [0.717, 1.165) is 27.6 Å². The molecule has 2 aromatic heterocycles. The third kappa shape index (κ3) is 1.92. The molecule has 0 saturated carbocycles. The maximum absolute atomic E-state index is 4.54. The van der Waals surface area contributed by atoms with Gasteiger partial charge in [-0.15, -0.1) is 0 Å². The number of hydrogen-bond acceptors (Lipinski definition) is 4. The fraction of sp³-hybridized carbons (Fsp3) is 0.0667. The molecular formula is C15H12N4S. The van der Waals surface area contributed by atoms with E-state index >= 15 is 0 Å². The van der Waals surface area contributed by atoms with E-state index in [1.165, 1.54) is 10.3 Å². The van der Waals surface area contributed by atoms with Gasteiger partial charge in [0.2, 0.25) is 5.95 Å². The number of benzene rings is 2. The maximum atomic E-state index is 4.54. The van der Waals surface area contributed by atoms with Crippen LogP contribution in [0.15, 0.2) is 42.5 Å². The van der Waals surface area contributed by atoms with Gasteiger partial charge in [-0.3, -0.25) is 0 Å². The standard InChI is InChI=1S/C15H12N4S/c1-9-6-7-10-12(8-9)17-14(16-10)19-15-18-11-4-2-3-5-13(11)20-15/h2-8H,1H3,(H2,16,17,18,19). The van der Waals surface area contributed by atoms with Crippen LogP contribution in [0.5, 0.6) is 0 Å². The van der Waals surface area contributed by atoms with Crippen molar-refractivity contribution in [2.45, 2.75) is 6.92 Å². The van der Waals surface area contributed by atoms with Gasteiger partial charge in [0.25, 0.3) is 0 Å². The number of thiazole rings is 1. The number of rotatable bonds is 2. The van der Waals surface area contributed by atoms with Crippen molar-refractivity contribution in [1.82, 2.24) is 15.0 Å². The largest absolute Gasteiger partial charge is 0.324 e. The highest BCUT2D eigenvalue weighted by molar-refractivity contribution is 7.22. The zero-order chi connectivity index (χ0) is 13.5. The highest BCUT2D eigenvalue weighted by Crippen LogP contribution is 2.27. The van der Waals surface area contributed by atoms with Crippen LogP contribution < -0.4 is 5.32 Å². The van der Waals surface area contributed by atoms with Gasteiger partial charge >= 0.3 is 0 Å². The molecule has 0 saturated heterocycles. The quantitative estimate of drug-likeness (QED) is 0.578. The van der Waals surface area contributed by atoms with E-state index in [2.05, 4.69) is 45.4 Å². The lowest BCUT2D eigenvalue weighted by molar-refractivity contribution is 1.29. The second-order valence-corrected chi connectivity index (χ2v) is 5.75. The van der Waals surface area contributed by atoms with Crippen molar-refractivity contribution in [3.63, 3.8) is 0 Å². The summed E-state index contributed by atoms with van der Waals surface area (Å²) in [5.41, 5.74) is 4.22. The van der Waals surface area contributed by atoms with E-state index in [4.69, 9.17) is 0 Å². The molecule has 0 radical (unpaired) electrons. The monoisotopic (exact) mass is 280 g/mol. The van der Waals surface area contributed by atoms with Crippen LogP contribution in [0, 0.1) is 6.92 Å². The molecule has 0 fully saturated rings. The molecule has 0 atom stereocenters. The lowest BCUT2D eigenvalue weighted by Crippen LogP contribution is -1.90. The molecule has 2 N–H and O–H groups in total. The molecule has 0 unspecified atom stereocenters. The van der Waals surface area contributed by atoms with Crippen LogP contribution in [-0.2, 0) is 0 Å². The van der Waals surface area contributed by atoms with Gasteiger partial charge in [-0.05, 0) is 36.8 Å². The molecule has 5 heteroatoms. The van der Waals surface area contributed by atoms with E-state index in [1.807, 2.05) is 24.3 Å². The Morgan fingerprint density at radius 1 is 1.05 bits per heavy atom. The molecule has 0 bridgehead atoms. The third-order valence-corrected chi connectivity index (χ3v) is 4.11. The molecule has 2 aromatic carbocycles. The molecule has 0 aliphatic carbocycles. The first-order chi connectivity index (χ1) is 9.78. The number of aryl methyl sites for hydroxylation is 1. The number of anilines is 2. The zero-order valence-electron chi connectivity index (χ0n) is 10.8. The minimum atomic E-state index is 0.727. The van der Waals surface area contributed by atoms with Gasteiger partial charge in [-0.25, -0.2) is 9.97 Å². The van der Waals surface area contributed by atoms with Gasteiger partial charge in [0.1, 0.15) is 0 Å². The molecule has 4 nitrogen and oxygen atoms in total. The van der Waals surface area contributed by atoms with Crippen LogP contribution in [0.1, 0.15) is 5.56 Å². The van der Waals surface area contributed by atoms with Crippen molar-refractivity contribution >= 4 is 43.7 Å². The number of nitrogens with zero attached hydrogens (tertiary/aromatic N) is 2. The van der Waals surface area contributed by atoms with Gasteiger partial charge in [0.15, 0.2) is 5.13 Å². The van der Waals surface area contributed by atoms with Crippen LogP contribution in [-0.4, -0.2) is 15.0 Å². The zero-order valence-corrected chi connectivity index (χ0v) is 11.7. The summed E-state index contributed by atoms with van der Waals surface area (Å²) in [6.45, 7) is 2.07. The average molecular weight is 280 g/mol. The number of fused-ring (bicyclic) bond motifs is 2. The number of para-hydroxylation sites is 1. The molecule has 4 aromatic rings. The predicted octanol–water partition coefficient (Wildman–Crippen LogP) is 4.22. The second kappa shape index (κ2) is 4.31. The van der Waals surface area contributed by atoms with Crippen LogP contribution >= 0.6 is 11.3 Å². The lowest BCUT2D eigenvalue weighted by Gasteiger charge is -1.94. The molecular weight excluding hydrogens is 268 g/mol.